The Morgan fingerprint density at radius 3 is 2.88 bits per heavy atom. The highest BCUT2D eigenvalue weighted by Gasteiger charge is 2.17. The van der Waals surface area contributed by atoms with Crippen LogP contribution in [0.25, 0.3) is 16.6 Å². The van der Waals surface area contributed by atoms with E-state index in [1.54, 1.807) is 12.3 Å². The topological polar surface area (TPSA) is 51.0 Å². The molecule has 0 radical (unpaired) electrons. The number of nitrogens with zero attached hydrogens (tertiary/aromatic N) is 4. The summed E-state index contributed by atoms with van der Waals surface area (Å²) in [5.41, 5.74) is 3.01. The van der Waals surface area contributed by atoms with Gasteiger partial charge in [-0.25, -0.2) is 0 Å². The lowest BCUT2D eigenvalue weighted by Gasteiger charge is -2.28. The number of rotatable bonds is 3. The Kier molecular flexibility index (Phi) is 4.57. The fourth-order valence-electron chi connectivity index (χ4n) is 3.47. The van der Waals surface area contributed by atoms with Crippen LogP contribution in [0.2, 0.25) is 5.02 Å². The summed E-state index contributed by atoms with van der Waals surface area (Å²) in [5, 5.41) is 1.11. The molecule has 0 unspecified atom stereocenters. The van der Waals surface area contributed by atoms with Gasteiger partial charge in [-0.2, -0.15) is 4.98 Å². The first kappa shape index (κ1) is 16.9. The Labute approximate surface area is 156 Å². The van der Waals surface area contributed by atoms with Crippen LogP contribution >= 0.6 is 11.6 Å². The predicted molar refractivity (Wildman–Crippen MR) is 104 cm³/mol. The summed E-state index contributed by atoms with van der Waals surface area (Å²) >= 11 is 6.06. The van der Waals surface area contributed by atoms with Crippen molar-refractivity contribution >= 4 is 28.2 Å². The van der Waals surface area contributed by atoms with Gasteiger partial charge in [-0.3, -0.25) is 14.7 Å². The Bertz CT molecular complexity index is 1040. The molecular weight excluding hydrogens is 348 g/mol. The summed E-state index contributed by atoms with van der Waals surface area (Å²) in [4.78, 5) is 23.0. The molecule has 3 heterocycles. The van der Waals surface area contributed by atoms with Gasteiger partial charge in [0.2, 0.25) is 0 Å². The number of benzene rings is 1. The predicted octanol–water partition coefficient (Wildman–Crippen LogP) is 3.50. The van der Waals surface area contributed by atoms with Crippen molar-refractivity contribution in [3.63, 3.8) is 0 Å². The third kappa shape index (κ3) is 3.28. The van der Waals surface area contributed by atoms with Crippen LogP contribution in [0, 0.1) is 6.92 Å². The molecule has 1 aliphatic heterocycles. The highest BCUT2D eigenvalue weighted by molar-refractivity contribution is 6.31. The van der Waals surface area contributed by atoms with Gasteiger partial charge in [-0.1, -0.05) is 23.7 Å². The zero-order valence-corrected chi connectivity index (χ0v) is 15.3. The molecule has 0 amide bonds. The van der Waals surface area contributed by atoms with E-state index in [0.29, 0.717) is 16.2 Å². The summed E-state index contributed by atoms with van der Waals surface area (Å²) in [6.07, 6.45) is 6.81. The third-order valence-corrected chi connectivity index (χ3v) is 4.94. The largest absolute Gasteiger partial charge is 0.302 e. The fourth-order valence-corrected chi connectivity index (χ4v) is 3.64. The molecule has 0 fully saturated rings. The number of pyridine rings is 1. The zero-order valence-electron chi connectivity index (χ0n) is 14.5. The Morgan fingerprint density at radius 2 is 2.15 bits per heavy atom. The molecule has 1 aromatic carbocycles. The van der Waals surface area contributed by atoms with Crippen molar-refractivity contribution < 1.29 is 0 Å². The van der Waals surface area contributed by atoms with E-state index in [2.05, 4.69) is 31.6 Å². The molecule has 0 spiro atoms. The number of hydrogen-bond acceptors (Lipinski definition) is 4. The van der Waals surface area contributed by atoms with Gasteiger partial charge >= 0.3 is 0 Å². The van der Waals surface area contributed by atoms with Gasteiger partial charge in [0.05, 0.1) is 10.9 Å². The molecule has 4 rings (SSSR count). The molecule has 0 bridgehead atoms. The van der Waals surface area contributed by atoms with Crippen molar-refractivity contribution in [1.29, 1.82) is 0 Å². The van der Waals surface area contributed by atoms with Crippen LogP contribution in [-0.4, -0.2) is 32.5 Å². The Hall–Kier alpha value is -2.50. The second-order valence-corrected chi connectivity index (χ2v) is 6.94. The molecule has 0 atom stereocenters. The van der Waals surface area contributed by atoms with Crippen molar-refractivity contribution in [3.05, 3.63) is 75.6 Å². The van der Waals surface area contributed by atoms with Crippen molar-refractivity contribution in [3.8, 4) is 0 Å². The molecule has 0 saturated carbocycles. The standard InChI is InChI=1S/C20H19ClN4O/c1-14-23-20(26)18-11-16(21)4-5-19(18)25(14)17-6-9-24(10-7-17)13-15-3-2-8-22-12-15/h2-6,8,11-12H,7,9-10,13H2,1H3. The van der Waals surface area contributed by atoms with Gasteiger partial charge in [0, 0.05) is 49.2 Å². The average Bonchev–Trinajstić information content (AvgIpc) is 2.64. The van der Waals surface area contributed by atoms with E-state index in [1.807, 2.05) is 31.3 Å². The molecular formula is C20H19ClN4O. The van der Waals surface area contributed by atoms with Gasteiger partial charge in [0.1, 0.15) is 5.82 Å². The third-order valence-electron chi connectivity index (χ3n) is 4.70. The maximum Gasteiger partial charge on any atom is 0.280 e. The maximum absolute atomic E-state index is 12.2. The molecule has 1 aliphatic rings. The summed E-state index contributed by atoms with van der Waals surface area (Å²) in [5.74, 6) is 0.705. The van der Waals surface area contributed by atoms with Gasteiger partial charge in [0.25, 0.3) is 5.56 Å². The van der Waals surface area contributed by atoms with E-state index in [9.17, 15) is 4.79 Å². The molecule has 3 aromatic rings. The summed E-state index contributed by atoms with van der Waals surface area (Å²) < 4.78 is 2.08. The molecule has 6 heteroatoms. The minimum atomic E-state index is -0.231. The number of halogens is 1. The summed E-state index contributed by atoms with van der Waals surface area (Å²) in [6, 6.07) is 9.47. The Balaban J connectivity index is 1.66. The van der Waals surface area contributed by atoms with Crippen LogP contribution in [-0.2, 0) is 6.54 Å². The fraction of sp³-hybridized carbons (Fsp3) is 0.250. The number of hydrogen-bond donors (Lipinski definition) is 0. The number of fused-ring (bicyclic) bond motifs is 1. The number of aryl methyl sites for hydroxylation is 1. The van der Waals surface area contributed by atoms with E-state index in [4.69, 9.17) is 11.6 Å². The number of aromatic nitrogens is 3. The van der Waals surface area contributed by atoms with E-state index in [0.717, 1.165) is 31.6 Å². The summed E-state index contributed by atoms with van der Waals surface area (Å²) in [7, 11) is 0. The van der Waals surface area contributed by atoms with Crippen LogP contribution in [0.5, 0.6) is 0 Å². The molecule has 2 aromatic heterocycles. The summed E-state index contributed by atoms with van der Waals surface area (Å²) in [6.45, 7) is 4.56. The van der Waals surface area contributed by atoms with Crippen molar-refractivity contribution in [2.24, 2.45) is 0 Å². The monoisotopic (exact) mass is 366 g/mol. The highest BCUT2D eigenvalue weighted by atomic mass is 35.5. The first-order valence-corrected chi connectivity index (χ1v) is 8.99. The second-order valence-electron chi connectivity index (χ2n) is 6.50. The molecule has 26 heavy (non-hydrogen) atoms. The zero-order chi connectivity index (χ0) is 18.1. The van der Waals surface area contributed by atoms with Gasteiger partial charge in [-0.15, -0.1) is 0 Å². The van der Waals surface area contributed by atoms with Gasteiger partial charge in [-0.05, 0) is 36.8 Å². The van der Waals surface area contributed by atoms with E-state index in [1.165, 1.54) is 11.3 Å². The first-order valence-electron chi connectivity index (χ1n) is 8.61. The molecule has 0 saturated heterocycles. The van der Waals surface area contributed by atoms with Crippen LogP contribution in [0.4, 0.5) is 0 Å². The molecule has 132 valence electrons. The van der Waals surface area contributed by atoms with Crippen molar-refractivity contribution in [2.75, 3.05) is 13.1 Å². The van der Waals surface area contributed by atoms with Crippen LogP contribution in [0.3, 0.4) is 0 Å². The quantitative estimate of drug-likeness (QED) is 0.712. The minimum absolute atomic E-state index is 0.231. The van der Waals surface area contributed by atoms with E-state index >= 15 is 0 Å². The van der Waals surface area contributed by atoms with Crippen molar-refractivity contribution in [2.45, 2.75) is 19.9 Å². The van der Waals surface area contributed by atoms with E-state index < -0.39 is 0 Å². The van der Waals surface area contributed by atoms with Crippen molar-refractivity contribution in [1.82, 2.24) is 19.4 Å². The molecule has 0 N–H and O–H groups in total. The lowest BCUT2D eigenvalue weighted by Crippen LogP contribution is -2.30. The molecule has 5 nitrogen and oxygen atoms in total. The maximum atomic E-state index is 12.2. The van der Waals surface area contributed by atoms with Crippen LogP contribution in [0.1, 0.15) is 17.8 Å². The van der Waals surface area contributed by atoms with E-state index in [-0.39, 0.29) is 5.56 Å². The van der Waals surface area contributed by atoms with Crippen LogP contribution in [0.15, 0.2) is 53.6 Å². The smallest absolute Gasteiger partial charge is 0.280 e. The second kappa shape index (κ2) is 7.02. The first-order chi connectivity index (χ1) is 12.6. The van der Waals surface area contributed by atoms with Gasteiger partial charge in [0.15, 0.2) is 0 Å². The molecule has 0 aliphatic carbocycles. The highest BCUT2D eigenvalue weighted by Crippen LogP contribution is 2.24. The van der Waals surface area contributed by atoms with Crippen LogP contribution < -0.4 is 5.56 Å². The Morgan fingerprint density at radius 1 is 1.27 bits per heavy atom. The average molecular weight is 367 g/mol. The normalized spacial score (nSPS) is 15.2. The SMILES string of the molecule is Cc1nc(=O)c2cc(Cl)ccc2n1C1=CCN(Cc2cccnc2)CC1. The van der Waals surface area contributed by atoms with Gasteiger partial charge < -0.3 is 4.57 Å². The lowest BCUT2D eigenvalue weighted by atomic mass is 10.1. The lowest BCUT2D eigenvalue weighted by molar-refractivity contribution is 0.291. The minimum Gasteiger partial charge on any atom is -0.302 e.